The van der Waals surface area contributed by atoms with Gasteiger partial charge in [0.25, 0.3) is 0 Å². The molecule has 2 rings (SSSR count). The van der Waals surface area contributed by atoms with Crippen molar-refractivity contribution >= 4 is 11.8 Å². The number of benzene rings is 1. The van der Waals surface area contributed by atoms with Crippen molar-refractivity contribution in [3.05, 3.63) is 30.1 Å². The van der Waals surface area contributed by atoms with Crippen LogP contribution >= 0.6 is 0 Å². The van der Waals surface area contributed by atoms with Gasteiger partial charge in [0.15, 0.2) is 0 Å². The van der Waals surface area contributed by atoms with Gasteiger partial charge in [-0.05, 0) is 31.9 Å². The molecule has 1 aliphatic rings. The van der Waals surface area contributed by atoms with Gasteiger partial charge in [-0.1, -0.05) is 12.1 Å². The molecule has 1 aromatic carbocycles. The van der Waals surface area contributed by atoms with Crippen LogP contribution in [0.1, 0.15) is 19.8 Å². The number of hydrogen-bond acceptors (Lipinski definition) is 3. The molecule has 1 aromatic rings. The van der Waals surface area contributed by atoms with Crippen LogP contribution in [0.3, 0.4) is 0 Å². The summed E-state index contributed by atoms with van der Waals surface area (Å²) in [6.45, 7) is 3.55. The van der Waals surface area contributed by atoms with E-state index >= 15 is 0 Å². The molecule has 1 amide bonds. The summed E-state index contributed by atoms with van der Waals surface area (Å²) in [7, 11) is 0. The fraction of sp³-hybridized carbons (Fsp3) is 0.500. The monoisotopic (exact) mass is 266 g/mol. The third-order valence-electron chi connectivity index (χ3n) is 3.21. The molecule has 1 atom stereocenters. The summed E-state index contributed by atoms with van der Waals surface area (Å²) in [6, 6.07) is 6.73. The highest BCUT2D eigenvalue weighted by molar-refractivity contribution is 5.67. The number of para-hydroxylation sites is 1. The number of piperidine rings is 1. The number of carbonyl (C=O) groups is 1. The topological polar surface area (TPSA) is 41.6 Å². The Kier molecular flexibility index (Phi) is 4.60. The molecule has 1 fully saturated rings. The molecule has 0 bridgehead atoms. The second-order valence-electron chi connectivity index (χ2n) is 4.60. The Balaban J connectivity index is 1.97. The standard InChI is InChI=1S/C14H19FN2O2/c1-2-19-14(18)16-11-6-5-9-17(10-11)13-8-4-3-7-12(13)15/h3-4,7-8,11H,2,5-6,9-10H2,1H3,(H,16,18). The molecule has 0 saturated carbocycles. The number of nitrogens with one attached hydrogen (secondary N) is 1. The lowest BCUT2D eigenvalue weighted by molar-refractivity contribution is 0.146. The predicted molar refractivity (Wildman–Crippen MR) is 71.8 cm³/mol. The number of alkyl carbamates (subject to hydrolysis) is 1. The van der Waals surface area contributed by atoms with E-state index in [1.807, 2.05) is 11.0 Å². The number of ether oxygens (including phenoxy) is 1. The minimum atomic E-state index is -0.400. The molecule has 5 heteroatoms. The second-order valence-corrected chi connectivity index (χ2v) is 4.60. The van der Waals surface area contributed by atoms with Gasteiger partial charge < -0.3 is 15.0 Å². The summed E-state index contributed by atoms with van der Waals surface area (Å²) in [4.78, 5) is 13.4. The number of carbonyl (C=O) groups excluding carboxylic acids is 1. The third-order valence-corrected chi connectivity index (χ3v) is 3.21. The van der Waals surface area contributed by atoms with E-state index in [-0.39, 0.29) is 11.9 Å². The Morgan fingerprint density at radius 1 is 1.53 bits per heavy atom. The number of amides is 1. The molecule has 0 aromatic heterocycles. The molecule has 1 aliphatic heterocycles. The second kappa shape index (κ2) is 6.41. The summed E-state index contributed by atoms with van der Waals surface area (Å²) in [5.41, 5.74) is 0.595. The molecular formula is C14H19FN2O2. The highest BCUT2D eigenvalue weighted by Crippen LogP contribution is 2.22. The Labute approximate surface area is 112 Å². The molecule has 1 heterocycles. The highest BCUT2D eigenvalue weighted by Gasteiger charge is 2.23. The average molecular weight is 266 g/mol. The molecule has 4 nitrogen and oxygen atoms in total. The molecule has 1 unspecified atom stereocenters. The molecule has 104 valence electrons. The summed E-state index contributed by atoms with van der Waals surface area (Å²) in [5.74, 6) is -0.223. The summed E-state index contributed by atoms with van der Waals surface area (Å²) < 4.78 is 18.6. The minimum absolute atomic E-state index is 0.00686. The van der Waals surface area contributed by atoms with Crippen LogP contribution in [-0.2, 0) is 4.74 Å². The lowest BCUT2D eigenvalue weighted by Gasteiger charge is -2.34. The fourth-order valence-electron chi connectivity index (χ4n) is 2.36. The first-order chi connectivity index (χ1) is 9.20. The third kappa shape index (κ3) is 3.59. The normalized spacial score (nSPS) is 19.1. The van der Waals surface area contributed by atoms with Crippen LogP contribution in [0.15, 0.2) is 24.3 Å². The molecule has 1 N–H and O–H groups in total. The van der Waals surface area contributed by atoms with Gasteiger partial charge in [0.2, 0.25) is 0 Å². The van der Waals surface area contributed by atoms with Gasteiger partial charge in [-0.3, -0.25) is 0 Å². The zero-order valence-corrected chi connectivity index (χ0v) is 11.1. The van der Waals surface area contributed by atoms with Crippen molar-refractivity contribution in [2.75, 3.05) is 24.6 Å². The lowest BCUT2D eigenvalue weighted by Crippen LogP contribution is -2.48. The maximum atomic E-state index is 13.7. The Hall–Kier alpha value is -1.78. The van der Waals surface area contributed by atoms with Gasteiger partial charge in [-0.25, -0.2) is 9.18 Å². The highest BCUT2D eigenvalue weighted by atomic mass is 19.1. The van der Waals surface area contributed by atoms with Crippen molar-refractivity contribution in [3.8, 4) is 0 Å². The predicted octanol–water partition coefficient (Wildman–Crippen LogP) is 2.54. The van der Waals surface area contributed by atoms with E-state index in [4.69, 9.17) is 4.74 Å². The van der Waals surface area contributed by atoms with Gasteiger partial charge in [0.1, 0.15) is 5.82 Å². The molecular weight excluding hydrogens is 247 g/mol. The molecule has 1 saturated heterocycles. The van der Waals surface area contributed by atoms with Gasteiger partial charge in [0, 0.05) is 19.1 Å². The number of halogens is 1. The van der Waals surface area contributed by atoms with E-state index in [1.165, 1.54) is 6.07 Å². The van der Waals surface area contributed by atoms with E-state index < -0.39 is 6.09 Å². The van der Waals surface area contributed by atoms with E-state index in [0.29, 0.717) is 18.8 Å². The van der Waals surface area contributed by atoms with E-state index in [1.54, 1.807) is 19.1 Å². The van der Waals surface area contributed by atoms with Crippen molar-refractivity contribution in [1.29, 1.82) is 0 Å². The Morgan fingerprint density at radius 2 is 2.32 bits per heavy atom. The number of rotatable bonds is 3. The van der Waals surface area contributed by atoms with Crippen molar-refractivity contribution < 1.29 is 13.9 Å². The van der Waals surface area contributed by atoms with Gasteiger partial charge in [-0.15, -0.1) is 0 Å². The fourth-order valence-corrected chi connectivity index (χ4v) is 2.36. The average Bonchev–Trinajstić information content (AvgIpc) is 2.40. The maximum absolute atomic E-state index is 13.7. The van der Waals surface area contributed by atoms with Crippen LogP contribution in [0.4, 0.5) is 14.9 Å². The summed E-state index contributed by atoms with van der Waals surface area (Å²) in [6.07, 6.45) is 1.41. The first kappa shape index (κ1) is 13.6. The van der Waals surface area contributed by atoms with E-state index in [0.717, 1.165) is 19.4 Å². The largest absolute Gasteiger partial charge is 0.450 e. The van der Waals surface area contributed by atoms with Crippen LogP contribution < -0.4 is 10.2 Å². The molecule has 0 spiro atoms. The SMILES string of the molecule is CCOC(=O)NC1CCCN(c2ccccc2F)C1. The minimum Gasteiger partial charge on any atom is -0.450 e. The zero-order valence-electron chi connectivity index (χ0n) is 11.1. The molecule has 0 radical (unpaired) electrons. The number of anilines is 1. The van der Waals surface area contributed by atoms with Gasteiger partial charge in [-0.2, -0.15) is 0 Å². The van der Waals surface area contributed by atoms with E-state index in [9.17, 15) is 9.18 Å². The van der Waals surface area contributed by atoms with Crippen molar-refractivity contribution in [3.63, 3.8) is 0 Å². The zero-order chi connectivity index (χ0) is 13.7. The van der Waals surface area contributed by atoms with Crippen molar-refractivity contribution in [1.82, 2.24) is 5.32 Å². The van der Waals surface area contributed by atoms with Crippen LogP contribution in [0.5, 0.6) is 0 Å². The van der Waals surface area contributed by atoms with E-state index in [2.05, 4.69) is 5.32 Å². The van der Waals surface area contributed by atoms with Crippen LogP contribution in [-0.4, -0.2) is 31.8 Å². The van der Waals surface area contributed by atoms with Gasteiger partial charge in [0.05, 0.1) is 12.3 Å². The van der Waals surface area contributed by atoms with Crippen molar-refractivity contribution in [2.45, 2.75) is 25.8 Å². The smallest absolute Gasteiger partial charge is 0.407 e. The first-order valence-electron chi connectivity index (χ1n) is 6.63. The summed E-state index contributed by atoms with van der Waals surface area (Å²) >= 11 is 0. The Morgan fingerprint density at radius 3 is 3.05 bits per heavy atom. The van der Waals surface area contributed by atoms with Crippen LogP contribution in [0, 0.1) is 5.82 Å². The maximum Gasteiger partial charge on any atom is 0.407 e. The number of hydrogen-bond donors (Lipinski definition) is 1. The first-order valence-corrected chi connectivity index (χ1v) is 6.63. The van der Waals surface area contributed by atoms with Crippen LogP contribution in [0.25, 0.3) is 0 Å². The lowest BCUT2D eigenvalue weighted by atomic mass is 10.0. The van der Waals surface area contributed by atoms with Crippen LogP contribution in [0.2, 0.25) is 0 Å². The molecule has 19 heavy (non-hydrogen) atoms. The number of nitrogens with zero attached hydrogens (tertiary/aromatic N) is 1. The van der Waals surface area contributed by atoms with Crippen molar-refractivity contribution in [2.24, 2.45) is 0 Å². The van der Waals surface area contributed by atoms with Gasteiger partial charge >= 0.3 is 6.09 Å². The molecule has 0 aliphatic carbocycles. The summed E-state index contributed by atoms with van der Waals surface area (Å²) in [5, 5.41) is 2.81. The Bertz CT molecular complexity index is 439. The quantitative estimate of drug-likeness (QED) is 0.914.